The maximum Gasteiger partial charge on any atom is 0.223 e. The van der Waals surface area contributed by atoms with Crippen LogP contribution >= 0.6 is 12.2 Å². The Labute approximate surface area is 115 Å². The Morgan fingerprint density at radius 2 is 1.94 bits per heavy atom. The summed E-state index contributed by atoms with van der Waals surface area (Å²) in [6, 6.07) is 0. The number of nitrogens with zero attached hydrogens (tertiary/aromatic N) is 1. The van der Waals surface area contributed by atoms with Crippen molar-refractivity contribution in [3.63, 3.8) is 0 Å². The monoisotopic (exact) mass is 268 g/mol. The van der Waals surface area contributed by atoms with Gasteiger partial charge in [0.15, 0.2) is 0 Å². The number of hydrogen-bond acceptors (Lipinski definition) is 4. The van der Waals surface area contributed by atoms with Crippen molar-refractivity contribution >= 4 is 23.6 Å². The summed E-state index contributed by atoms with van der Waals surface area (Å²) in [5.41, 5.74) is 1.96. The zero-order valence-electron chi connectivity index (χ0n) is 12.1. The molecule has 0 aromatic heterocycles. The minimum atomic E-state index is -0.00365. The first kappa shape index (κ1) is 15.2. The standard InChI is InChI=1S/C14H24N2OS/c1-6-16(5)11-10(12(17)13(11)18)15-9-7-8-14(2,3)4/h15H,6-9H2,1-5H3. The van der Waals surface area contributed by atoms with Crippen molar-refractivity contribution in [3.05, 3.63) is 14.7 Å². The number of rotatable bonds is 6. The van der Waals surface area contributed by atoms with Crippen LogP contribution in [0, 0.1) is 9.93 Å². The van der Waals surface area contributed by atoms with Gasteiger partial charge in [-0.3, -0.25) is 4.79 Å². The molecule has 102 valence electrons. The molecule has 1 N–H and O–H groups in total. The minimum Gasteiger partial charge on any atom is -0.380 e. The Morgan fingerprint density at radius 1 is 1.33 bits per heavy atom. The Hall–Kier alpha value is -0.900. The highest BCUT2D eigenvalue weighted by Gasteiger charge is 2.20. The second-order valence-corrected chi connectivity index (χ2v) is 6.40. The summed E-state index contributed by atoms with van der Waals surface area (Å²) in [7, 11) is 1.96. The van der Waals surface area contributed by atoms with E-state index in [1.54, 1.807) is 0 Å². The highest BCUT2D eigenvalue weighted by molar-refractivity contribution is 7.71. The van der Waals surface area contributed by atoms with Crippen LogP contribution in [0.15, 0.2) is 4.79 Å². The Bertz CT molecular complexity index is 467. The smallest absolute Gasteiger partial charge is 0.223 e. The first-order chi connectivity index (χ1) is 8.28. The van der Waals surface area contributed by atoms with Crippen LogP contribution in [0.1, 0.15) is 40.5 Å². The average molecular weight is 268 g/mol. The van der Waals surface area contributed by atoms with Crippen molar-refractivity contribution in [2.24, 2.45) is 5.41 Å². The van der Waals surface area contributed by atoms with E-state index in [-0.39, 0.29) is 5.43 Å². The van der Waals surface area contributed by atoms with Crippen molar-refractivity contribution < 1.29 is 0 Å². The van der Waals surface area contributed by atoms with Crippen LogP contribution in [-0.2, 0) is 0 Å². The van der Waals surface area contributed by atoms with Crippen LogP contribution in [-0.4, -0.2) is 20.1 Å². The molecule has 0 aliphatic rings. The van der Waals surface area contributed by atoms with Gasteiger partial charge in [-0.15, -0.1) is 0 Å². The van der Waals surface area contributed by atoms with Crippen molar-refractivity contribution in [2.75, 3.05) is 30.4 Å². The van der Waals surface area contributed by atoms with Gasteiger partial charge in [-0.05, 0) is 25.2 Å². The third-order valence-corrected chi connectivity index (χ3v) is 3.53. The molecule has 0 atom stereocenters. The highest BCUT2D eigenvalue weighted by atomic mass is 32.1. The van der Waals surface area contributed by atoms with Crippen molar-refractivity contribution in [3.8, 4) is 0 Å². The van der Waals surface area contributed by atoms with Crippen LogP contribution in [0.5, 0.6) is 0 Å². The molecule has 0 saturated carbocycles. The number of hydrogen-bond donors (Lipinski definition) is 1. The lowest BCUT2D eigenvalue weighted by Crippen LogP contribution is -2.28. The van der Waals surface area contributed by atoms with Crippen molar-refractivity contribution in [2.45, 2.75) is 40.5 Å². The maximum absolute atomic E-state index is 11.7. The van der Waals surface area contributed by atoms with E-state index in [0.717, 1.165) is 31.6 Å². The Kier molecular flexibility index (Phi) is 4.91. The quantitative estimate of drug-likeness (QED) is 0.633. The lowest BCUT2D eigenvalue weighted by molar-refractivity contribution is 0.370. The molecule has 0 saturated heterocycles. The molecule has 0 unspecified atom stereocenters. The van der Waals surface area contributed by atoms with Gasteiger partial charge in [-0.1, -0.05) is 33.0 Å². The Balaban J connectivity index is 2.56. The topological polar surface area (TPSA) is 32.3 Å². The summed E-state index contributed by atoms with van der Waals surface area (Å²) in [5.74, 6) is 0. The molecule has 0 aliphatic carbocycles. The van der Waals surface area contributed by atoms with Gasteiger partial charge in [0.2, 0.25) is 5.43 Å². The van der Waals surface area contributed by atoms with E-state index in [9.17, 15) is 4.79 Å². The molecule has 4 heteroatoms. The van der Waals surface area contributed by atoms with E-state index in [0.29, 0.717) is 15.6 Å². The molecule has 0 fully saturated rings. The van der Waals surface area contributed by atoms with Gasteiger partial charge in [0, 0.05) is 20.1 Å². The second kappa shape index (κ2) is 5.83. The summed E-state index contributed by atoms with van der Waals surface area (Å²) in [6.45, 7) is 10.4. The summed E-state index contributed by atoms with van der Waals surface area (Å²) in [4.78, 5) is 13.7. The van der Waals surface area contributed by atoms with Gasteiger partial charge in [-0.2, -0.15) is 0 Å². The molecule has 0 radical (unpaired) electrons. The molecule has 0 heterocycles. The van der Waals surface area contributed by atoms with Crippen LogP contribution < -0.4 is 15.6 Å². The molecule has 0 amide bonds. The van der Waals surface area contributed by atoms with Crippen molar-refractivity contribution in [1.82, 2.24) is 0 Å². The van der Waals surface area contributed by atoms with E-state index in [4.69, 9.17) is 12.2 Å². The van der Waals surface area contributed by atoms with Crippen LogP contribution in [0.3, 0.4) is 0 Å². The largest absolute Gasteiger partial charge is 0.380 e. The molecule has 1 aromatic carbocycles. The predicted octanol–water partition coefficient (Wildman–Crippen LogP) is 3.35. The molecule has 0 bridgehead atoms. The van der Waals surface area contributed by atoms with E-state index in [2.05, 4.69) is 33.0 Å². The fraction of sp³-hybridized carbons (Fsp3) is 0.714. The first-order valence-corrected chi connectivity index (χ1v) is 6.97. The zero-order valence-corrected chi connectivity index (χ0v) is 12.9. The summed E-state index contributed by atoms with van der Waals surface area (Å²) in [5, 5.41) is 3.24. The summed E-state index contributed by atoms with van der Waals surface area (Å²) >= 11 is 5.10. The fourth-order valence-electron chi connectivity index (χ4n) is 1.90. The molecule has 3 nitrogen and oxygen atoms in total. The van der Waals surface area contributed by atoms with E-state index in [1.807, 2.05) is 11.9 Å². The normalized spacial score (nSPS) is 11.8. The zero-order chi connectivity index (χ0) is 13.9. The van der Waals surface area contributed by atoms with Gasteiger partial charge >= 0.3 is 0 Å². The van der Waals surface area contributed by atoms with Crippen LogP contribution in [0.4, 0.5) is 11.4 Å². The molecular weight excluding hydrogens is 244 g/mol. The predicted molar refractivity (Wildman–Crippen MR) is 82.0 cm³/mol. The fourth-order valence-corrected chi connectivity index (χ4v) is 2.26. The van der Waals surface area contributed by atoms with E-state index >= 15 is 0 Å². The minimum absolute atomic E-state index is 0.00365. The Morgan fingerprint density at radius 3 is 2.44 bits per heavy atom. The lowest BCUT2D eigenvalue weighted by atomic mass is 9.90. The average Bonchev–Trinajstić information content (AvgIpc) is 2.29. The summed E-state index contributed by atoms with van der Waals surface area (Å²) < 4.78 is 0.470. The van der Waals surface area contributed by atoms with Gasteiger partial charge in [-0.25, -0.2) is 0 Å². The second-order valence-electron chi connectivity index (χ2n) is 5.99. The van der Waals surface area contributed by atoms with Crippen LogP contribution in [0.25, 0.3) is 0 Å². The molecule has 0 spiro atoms. The van der Waals surface area contributed by atoms with Gasteiger partial charge in [0.25, 0.3) is 0 Å². The molecule has 1 rings (SSSR count). The lowest BCUT2D eigenvalue weighted by Gasteiger charge is -2.24. The highest BCUT2D eigenvalue weighted by Crippen LogP contribution is 2.27. The maximum atomic E-state index is 11.7. The SMILES string of the molecule is CCN(C)c1c(NCCCC(C)(C)C)c(=O)c1=S. The van der Waals surface area contributed by atoms with Gasteiger partial charge in [0.05, 0.1) is 5.69 Å². The third-order valence-electron chi connectivity index (χ3n) is 3.15. The van der Waals surface area contributed by atoms with Crippen LogP contribution in [0.2, 0.25) is 0 Å². The third kappa shape index (κ3) is 3.55. The van der Waals surface area contributed by atoms with E-state index < -0.39 is 0 Å². The number of anilines is 2. The van der Waals surface area contributed by atoms with Crippen molar-refractivity contribution in [1.29, 1.82) is 0 Å². The molecule has 1 aromatic rings. The first-order valence-electron chi connectivity index (χ1n) is 6.56. The molecule has 18 heavy (non-hydrogen) atoms. The summed E-state index contributed by atoms with van der Waals surface area (Å²) in [6.07, 6.45) is 2.21. The van der Waals surface area contributed by atoms with Gasteiger partial charge < -0.3 is 10.2 Å². The van der Waals surface area contributed by atoms with Gasteiger partial charge in [0.1, 0.15) is 10.2 Å². The number of nitrogens with one attached hydrogen (secondary N) is 1. The van der Waals surface area contributed by atoms with E-state index in [1.165, 1.54) is 0 Å². The molecular formula is C14H24N2OS. The molecule has 0 aliphatic heterocycles.